The van der Waals surface area contributed by atoms with E-state index in [2.05, 4.69) is 0 Å². The molecule has 0 spiro atoms. The van der Waals surface area contributed by atoms with Crippen molar-refractivity contribution < 1.29 is 0 Å². The molecule has 0 saturated carbocycles. The summed E-state index contributed by atoms with van der Waals surface area (Å²) < 4.78 is 0. The monoisotopic (exact) mass is 208 g/mol. The van der Waals surface area contributed by atoms with Crippen LogP contribution in [0.2, 0.25) is 0 Å². The van der Waals surface area contributed by atoms with Crippen LogP contribution in [0.25, 0.3) is 0 Å². The fourth-order valence-corrected chi connectivity index (χ4v) is 0.915. The first-order valence-electron chi connectivity index (χ1n) is 3.37. The van der Waals surface area contributed by atoms with Crippen molar-refractivity contribution in [1.29, 1.82) is 0 Å². The lowest BCUT2D eigenvalue weighted by molar-refractivity contribution is 0.969. The smallest absolute Gasteiger partial charge is 0.0316 e. The molecule has 1 aromatic rings. The fourth-order valence-electron chi connectivity index (χ4n) is 0.915. The second kappa shape index (κ2) is 7.22. The topological polar surface area (TPSA) is 52.0 Å². The number of hydrogen-bond acceptors (Lipinski definition) is 2. The molecule has 0 bridgehead atoms. The Morgan fingerprint density at radius 2 is 1.83 bits per heavy atom. The van der Waals surface area contributed by atoms with E-state index in [9.17, 15) is 0 Å². The van der Waals surface area contributed by atoms with Crippen molar-refractivity contribution in [1.82, 2.24) is 0 Å². The Morgan fingerprint density at radius 1 is 1.17 bits per heavy atom. The van der Waals surface area contributed by atoms with Gasteiger partial charge in [0.05, 0.1) is 0 Å². The largest absolute Gasteiger partial charge is 0.399 e. The van der Waals surface area contributed by atoms with E-state index >= 15 is 0 Å². The minimum absolute atomic E-state index is 0. The van der Waals surface area contributed by atoms with Gasteiger partial charge >= 0.3 is 0 Å². The summed E-state index contributed by atoms with van der Waals surface area (Å²) in [6, 6.07) is 7.80. The Morgan fingerprint density at radius 3 is 2.33 bits per heavy atom. The maximum absolute atomic E-state index is 5.55. The van der Waals surface area contributed by atoms with Crippen molar-refractivity contribution in [2.45, 2.75) is 6.42 Å². The van der Waals surface area contributed by atoms with Crippen LogP contribution in [0.15, 0.2) is 24.3 Å². The van der Waals surface area contributed by atoms with Crippen LogP contribution in [0.4, 0.5) is 5.69 Å². The van der Waals surface area contributed by atoms with Gasteiger partial charge in [0.2, 0.25) is 0 Å². The molecule has 0 saturated heterocycles. The molecule has 12 heavy (non-hydrogen) atoms. The highest BCUT2D eigenvalue weighted by Crippen LogP contribution is 2.05. The van der Waals surface area contributed by atoms with Gasteiger partial charge in [0, 0.05) is 5.69 Å². The van der Waals surface area contributed by atoms with Crippen molar-refractivity contribution in [3.8, 4) is 0 Å². The first-order valence-corrected chi connectivity index (χ1v) is 3.37. The summed E-state index contributed by atoms with van der Waals surface area (Å²) in [6.07, 6.45) is 0.908. The molecule has 2 nitrogen and oxygen atoms in total. The van der Waals surface area contributed by atoms with Gasteiger partial charge in [-0.2, -0.15) is 0 Å². The van der Waals surface area contributed by atoms with Crippen LogP contribution in [0.3, 0.4) is 0 Å². The number of nitrogens with two attached hydrogens (primary N) is 2. The molecule has 0 atom stereocenters. The Labute approximate surface area is 85.1 Å². The van der Waals surface area contributed by atoms with E-state index in [0.717, 1.165) is 12.1 Å². The molecule has 0 radical (unpaired) electrons. The molecule has 4 heteroatoms. The summed E-state index contributed by atoms with van der Waals surface area (Å²) in [4.78, 5) is 0. The number of nitrogen functional groups attached to an aromatic ring is 1. The molecule has 0 heterocycles. The number of anilines is 1. The van der Waals surface area contributed by atoms with Crippen molar-refractivity contribution in [2.24, 2.45) is 5.73 Å². The number of benzene rings is 1. The highest BCUT2D eigenvalue weighted by molar-refractivity contribution is 5.85. The summed E-state index contributed by atoms with van der Waals surface area (Å²) in [5.41, 5.74) is 12.9. The minimum Gasteiger partial charge on any atom is -0.399 e. The highest BCUT2D eigenvalue weighted by Gasteiger charge is 1.89. The van der Waals surface area contributed by atoms with Gasteiger partial charge in [-0.25, -0.2) is 0 Å². The minimum atomic E-state index is 0. The van der Waals surface area contributed by atoms with E-state index in [1.165, 1.54) is 5.56 Å². The molecule has 0 aliphatic rings. The standard InChI is InChI=1S/C8H12N2.2ClH/c9-5-4-7-2-1-3-8(10)6-7;;/h1-3,6H,4-5,9-10H2;2*1H. The van der Waals surface area contributed by atoms with Gasteiger partial charge in [-0.05, 0) is 30.7 Å². The molecule has 0 fully saturated rings. The number of rotatable bonds is 2. The van der Waals surface area contributed by atoms with E-state index in [-0.39, 0.29) is 24.8 Å². The first kappa shape index (κ1) is 14.1. The fraction of sp³-hybridized carbons (Fsp3) is 0.250. The van der Waals surface area contributed by atoms with Crippen molar-refractivity contribution in [2.75, 3.05) is 12.3 Å². The van der Waals surface area contributed by atoms with Crippen LogP contribution in [0.1, 0.15) is 5.56 Å². The van der Waals surface area contributed by atoms with Crippen LogP contribution >= 0.6 is 24.8 Å². The average Bonchev–Trinajstić information content (AvgIpc) is 1.88. The molecule has 4 N–H and O–H groups in total. The van der Waals surface area contributed by atoms with Crippen LogP contribution in [0, 0.1) is 0 Å². The SMILES string of the molecule is Cl.Cl.NCCc1cccc(N)c1. The predicted octanol–water partition coefficient (Wildman–Crippen LogP) is 1.61. The van der Waals surface area contributed by atoms with E-state index in [1.807, 2.05) is 24.3 Å². The highest BCUT2D eigenvalue weighted by atomic mass is 35.5. The molecule has 0 amide bonds. The van der Waals surface area contributed by atoms with Crippen LogP contribution in [-0.2, 0) is 6.42 Å². The summed E-state index contributed by atoms with van der Waals surface area (Å²) in [7, 11) is 0. The Hall–Kier alpha value is -0.440. The predicted molar refractivity (Wildman–Crippen MR) is 58.1 cm³/mol. The van der Waals surface area contributed by atoms with E-state index in [4.69, 9.17) is 11.5 Å². The quantitative estimate of drug-likeness (QED) is 0.727. The van der Waals surface area contributed by atoms with Crippen molar-refractivity contribution >= 4 is 30.5 Å². The molecule has 1 rings (SSSR count). The molecular weight excluding hydrogens is 195 g/mol. The summed E-state index contributed by atoms with van der Waals surface area (Å²) in [6.45, 7) is 0.684. The van der Waals surface area contributed by atoms with E-state index in [0.29, 0.717) is 6.54 Å². The third-order valence-corrected chi connectivity index (χ3v) is 1.38. The number of hydrogen-bond donors (Lipinski definition) is 2. The van der Waals surface area contributed by atoms with Gasteiger partial charge in [0.15, 0.2) is 0 Å². The maximum Gasteiger partial charge on any atom is 0.0316 e. The molecule has 0 aliphatic heterocycles. The van der Waals surface area contributed by atoms with Gasteiger partial charge in [-0.1, -0.05) is 12.1 Å². The van der Waals surface area contributed by atoms with Crippen molar-refractivity contribution in [3.05, 3.63) is 29.8 Å². The lowest BCUT2D eigenvalue weighted by atomic mass is 10.1. The molecule has 1 aromatic carbocycles. The van der Waals surface area contributed by atoms with E-state index < -0.39 is 0 Å². The van der Waals surface area contributed by atoms with Crippen molar-refractivity contribution in [3.63, 3.8) is 0 Å². The van der Waals surface area contributed by atoms with Gasteiger partial charge in [-0.3, -0.25) is 0 Å². The normalized spacial score (nSPS) is 8.08. The lowest BCUT2D eigenvalue weighted by Gasteiger charge is -1.98. The van der Waals surface area contributed by atoms with Gasteiger partial charge in [-0.15, -0.1) is 24.8 Å². The number of halogens is 2. The molecular formula is C8H14Cl2N2. The van der Waals surface area contributed by atoms with Gasteiger partial charge in [0.1, 0.15) is 0 Å². The lowest BCUT2D eigenvalue weighted by Crippen LogP contribution is -2.02. The third kappa shape index (κ3) is 4.44. The van der Waals surface area contributed by atoms with E-state index in [1.54, 1.807) is 0 Å². The van der Waals surface area contributed by atoms with Crippen LogP contribution in [-0.4, -0.2) is 6.54 Å². The second-order valence-electron chi connectivity index (χ2n) is 2.28. The summed E-state index contributed by atoms with van der Waals surface area (Å²) in [5, 5.41) is 0. The van der Waals surface area contributed by atoms with Crippen LogP contribution < -0.4 is 11.5 Å². The Kier molecular flexibility index (Phi) is 8.49. The zero-order valence-corrected chi connectivity index (χ0v) is 8.33. The second-order valence-corrected chi connectivity index (χ2v) is 2.28. The average molecular weight is 209 g/mol. The zero-order valence-electron chi connectivity index (χ0n) is 6.69. The molecule has 0 unspecified atom stereocenters. The van der Waals surface area contributed by atoms with Gasteiger partial charge < -0.3 is 11.5 Å². The van der Waals surface area contributed by atoms with Crippen LogP contribution in [0.5, 0.6) is 0 Å². The van der Waals surface area contributed by atoms with Gasteiger partial charge in [0.25, 0.3) is 0 Å². The zero-order chi connectivity index (χ0) is 7.40. The summed E-state index contributed by atoms with van der Waals surface area (Å²) >= 11 is 0. The Balaban J connectivity index is 0. The molecule has 70 valence electrons. The molecule has 0 aromatic heterocycles. The molecule has 0 aliphatic carbocycles. The maximum atomic E-state index is 5.55. The first-order chi connectivity index (χ1) is 4.83. The summed E-state index contributed by atoms with van der Waals surface area (Å²) in [5.74, 6) is 0. The third-order valence-electron chi connectivity index (χ3n) is 1.38. The Bertz CT molecular complexity index is 216.